The van der Waals surface area contributed by atoms with Crippen molar-refractivity contribution in [3.05, 3.63) is 53.2 Å². The summed E-state index contributed by atoms with van der Waals surface area (Å²) in [5.41, 5.74) is 1.01. The lowest BCUT2D eigenvalue weighted by molar-refractivity contribution is 0.0690. The van der Waals surface area contributed by atoms with E-state index in [9.17, 15) is 9.90 Å². The second kappa shape index (κ2) is 6.37. The van der Waals surface area contributed by atoms with Gasteiger partial charge in [-0.2, -0.15) is 4.98 Å². The number of nitrogens with zero attached hydrogens (tertiary/aromatic N) is 2. The standard InChI is InChI=1S/C15H13ClN2O3/c1-3-8-21-14-12(15(19)20)9(2)17-13(18-14)10-4-6-11(16)7-5-10/h3-7H,1,8H2,2H3,(H,19,20). The van der Waals surface area contributed by atoms with E-state index in [0.29, 0.717) is 16.5 Å². The first kappa shape index (κ1) is 15.0. The van der Waals surface area contributed by atoms with E-state index in [0.717, 1.165) is 5.56 Å². The normalized spacial score (nSPS) is 10.2. The molecule has 21 heavy (non-hydrogen) atoms. The second-order valence-electron chi connectivity index (χ2n) is 4.22. The van der Waals surface area contributed by atoms with E-state index in [1.807, 2.05) is 0 Å². The molecule has 0 aliphatic rings. The van der Waals surface area contributed by atoms with E-state index >= 15 is 0 Å². The van der Waals surface area contributed by atoms with Crippen molar-refractivity contribution in [1.29, 1.82) is 0 Å². The van der Waals surface area contributed by atoms with Gasteiger partial charge < -0.3 is 9.84 Å². The minimum Gasteiger partial charge on any atom is -0.477 e. The zero-order valence-electron chi connectivity index (χ0n) is 11.3. The maximum Gasteiger partial charge on any atom is 0.343 e. The van der Waals surface area contributed by atoms with E-state index in [-0.39, 0.29) is 18.1 Å². The average Bonchev–Trinajstić information content (AvgIpc) is 2.44. The third-order valence-electron chi connectivity index (χ3n) is 2.71. The summed E-state index contributed by atoms with van der Waals surface area (Å²) in [5, 5.41) is 9.84. The van der Waals surface area contributed by atoms with Crippen LogP contribution in [0.3, 0.4) is 0 Å². The van der Waals surface area contributed by atoms with Gasteiger partial charge in [0.15, 0.2) is 5.82 Å². The number of ether oxygens (including phenoxy) is 1. The maximum absolute atomic E-state index is 11.3. The van der Waals surface area contributed by atoms with Gasteiger partial charge in [-0.15, -0.1) is 0 Å². The number of aromatic carboxylic acids is 1. The Morgan fingerprint density at radius 2 is 2.05 bits per heavy atom. The van der Waals surface area contributed by atoms with E-state index in [1.165, 1.54) is 6.08 Å². The molecule has 1 N–H and O–H groups in total. The van der Waals surface area contributed by atoms with Crippen molar-refractivity contribution in [3.63, 3.8) is 0 Å². The van der Waals surface area contributed by atoms with Gasteiger partial charge in [-0.3, -0.25) is 0 Å². The van der Waals surface area contributed by atoms with E-state index in [1.54, 1.807) is 31.2 Å². The number of benzene rings is 1. The Bertz CT molecular complexity index is 684. The molecule has 1 aromatic heterocycles. The largest absolute Gasteiger partial charge is 0.477 e. The molecule has 0 aliphatic carbocycles. The molecule has 0 radical (unpaired) electrons. The number of aryl methyl sites for hydroxylation is 1. The number of carboxylic acids is 1. The summed E-state index contributed by atoms with van der Waals surface area (Å²) in [4.78, 5) is 19.7. The number of carboxylic acid groups (broad SMARTS) is 1. The lowest BCUT2D eigenvalue weighted by atomic mass is 10.2. The number of rotatable bonds is 5. The predicted molar refractivity (Wildman–Crippen MR) is 79.9 cm³/mol. The first-order valence-electron chi connectivity index (χ1n) is 6.14. The van der Waals surface area contributed by atoms with Crippen LogP contribution in [-0.4, -0.2) is 27.7 Å². The Morgan fingerprint density at radius 1 is 1.38 bits per heavy atom. The van der Waals surface area contributed by atoms with E-state index in [2.05, 4.69) is 16.5 Å². The Kier molecular flexibility index (Phi) is 4.55. The van der Waals surface area contributed by atoms with Gasteiger partial charge in [-0.05, 0) is 31.2 Å². The van der Waals surface area contributed by atoms with Crippen LogP contribution in [0.25, 0.3) is 11.4 Å². The molecule has 0 aliphatic heterocycles. The van der Waals surface area contributed by atoms with Crippen molar-refractivity contribution in [1.82, 2.24) is 9.97 Å². The summed E-state index contributed by atoms with van der Waals surface area (Å²) in [7, 11) is 0. The highest BCUT2D eigenvalue weighted by Gasteiger charge is 2.19. The fourth-order valence-electron chi connectivity index (χ4n) is 1.76. The summed E-state index contributed by atoms with van der Waals surface area (Å²) in [6.45, 7) is 5.30. The van der Waals surface area contributed by atoms with Crippen LogP contribution in [-0.2, 0) is 0 Å². The second-order valence-corrected chi connectivity index (χ2v) is 4.66. The first-order valence-corrected chi connectivity index (χ1v) is 6.52. The third-order valence-corrected chi connectivity index (χ3v) is 2.96. The zero-order chi connectivity index (χ0) is 15.4. The number of hydrogen-bond donors (Lipinski definition) is 1. The molecule has 0 amide bonds. The van der Waals surface area contributed by atoms with Gasteiger partial charge in [-0.25, -0.2) is 9.78 Å². The van der Waals surface area contributed by atoms with Gasteiger partial charge in [0.1, 0.15) is 12.2 Å². The molecule has 0 unspecified atom stereocenters. The lowest BCUT2D eigenvalue weighted by Crippen LogP contribution is -2.10. The lowest BCUT2D eigenvalue weighted by Gasteiger charge is -2.10. The molecule has 1 heterocycles. The number of halogens is 1. The molecule has 5 nitrogen and oxygen atoms in total. The minimum atomic E-state index is -1.13. The van der Waals surface area contributed by atoms with Crippen LogP contribution < -0.4 is 4.74 Å². The molecule has 0 fully saturated rings. The highest BCUT2D eigenvalue weighted by atomic mass is 35.5. The van der Waals surface area contributed by atoms with Crippen molar-refractivity contribution in [2.24, 2.45) is 0 Å². The first-order chi connectivity index (χ1) is 10.0. The van der Waals surface area contributed by atoms with E-state index in [4.69, 9.17) is 16.3 Å². The van der Waals surface area contributed by atoms with Crippen LogP contribution >= 0.6 is 11.6 Å². The van der Waals surface area contributed by atoms with Gasteiger partial charge in [0, 0.05) is 10.6 Å². The van der Waals surface area contributed by atoms with Gasteiger partial charge in [-0.1, -0.05) is 24.3 Å². The number of hydrogen-bond acceptors (Lipinski definition) is 4. The predicted octanol–water partition coefficient (Wildman–Crippen LogP) is 3.37. The summed E-state index contributed by atoms with van der Waals surface area (Å²) in [6, 6.07) is 6.94. The molecule has 1 aromatic carbocycles. The Labute approximate surface area is 126 Å². The van der Waals surface area contributed by atoms with Crippen LogP contribution in [0.1, 0.15) is 16.1 Å². The molecular weight excluding hydrogens is 292 g/mol. The summed E-state index contributed by atoms with van der Waals surface area (Å²) < 4.78 is 5.34. The molecule has 2 aromatic rings. The molecule has 0 spiro atoms. The topological polar surface area (TPSA) is 72.3 Å². The molecule has 108 valence electrons. The van der Waals surface area contributed by atoms with Gasteiger partial charge in [0.05, 0.1) is 5.69 Å². The van der Waals surface area contributed by atoms with Crippen molar-refractivity contribution in [2.75, 3.05) is 6.61 Å². The Morgan fingerprint density at radius 3 is 2.62 bits per heavy atom. The van der Waals surface area contributed by atoms with Crippen LogP contribution in [0.2, 0.25) is 5.02 Å². The SMILES string of the molecule is C=CCOc1nc(-c2ccc(Cl)cc2)nc(C)c1C(=O)O. The highest BCUT2D eigenvalue weighted by molar-refractivity contribution is 6.30. The summed E-state index contributed by atoms with van der Waals surface area (Å²) in [5.74, 6) is -0.720. The molecular formula is C15H13ClN2O3. The van der Waals surface area contributed by atoms with Gasteiger partial charge in [0.25, 0.3) is 0 Å². The van der Waals surface area contributed by atoms with Gasteiger partial charge >= 0.3 is 5.97 Å². The molecule has 2 rings (SSSR count). The number of aromatic nitrogens is 2. The monoisotopic (exact) mass is 304 g/mol. The van der Waals surface area contributed by atoms with Crippen LogP contribution in [0, 0.1) is 6.92 Å². The van der Waals surface area contributed by atoms with Gasteiger partial charge in [0.2, 0.25) is 5.88 Å². The van der Waals surface area contributed by atoms with Crippen molar-refractivity contribution < 1.29 is 14.6 Å². The fourth-order valence-corrected chi connectivity index (χ4v) is 1.89. The third kappa shape index (κ3) is 3.38. The molecule has 0 atom stereocenters. The Balaban J connectivity index is 2.53. The van der Waals surface area contributed by atoms with Crippen LogP contribution in [0.4, 0.5) is 0 Å². The van der Waals surface area contributed by atoms with Crippen LogP contribution in [0.5, 0.6) is 5.88 Å². The van der Waals surface area contributed by atoms with Crippen molar-refractivity contribution in [2.45, 2.75) is 6.92 Å². The molecule has 0 saturated heterocycles. The average molecular weight is 305 g/mol. The molecule has 0 saturated carbocycles. The quantitative estimate of drug-likeness (QED) is 0.857. The maximum atomic E-state index is 11.3. The Hall–Kier alpha value is -2.40. The highest BCUT2D eigenvalue weighted by Crippen LogP contribution is 2.25. The smallest absolute Gasteiger partial charge is 0.343 e. The summed E-state index contributed by atoms with van der Waals surface area (Å²) >= 11 is 5.84. The summed E-state index contributed by atoms with van der Waals surface area (Å²) in [6.07, 6.45) is 1.52. The van der Waals surface area contributed by atoms with Crippen molar-refractivity contribution in [3.8, 4) is 17.3 Å². The molecule has 0 bridgehead atoms. The van der Waals surface area contributed by atoms with Crippen LogP contribution in [0.15, 0.2) is 36.9 Å². The zero-order valence-corrected chi connectivity index (χ0v) is 12.1. The van der Waals surface area contributed by atoms with E-state index < -0.39 is 5.97 Å². The van der Waals surface area contributed by atoms with Crippen molar-refractivity contribution >= 4 is 17.6 Å². The molecule has 6 heteroatoms. The number of carbonyl (C=O) groups is 1. The fraction of sp³-hybridized carbons (Fsp3) is 0.133. The minimum absolute atomic E-state index is 0.0276.